The number of rotatable bonds is 5. The number of likely N-dealkylation sites (tertiary alicyclic amines) is 1. The summed E-state index contributed by atoms with van der Waals surface area (Å²) in [6.07, 6.45) is 7.49. The Labute approximate surface area is 156 Å². The smallest absolute Gasteiger partial charge is 0.244 e. The van der Waals surface area contributed by atoms with Gasteiger partial charge in [-0.3, -0.25) is 9.78 Å². The highest BCUT2D eigenvalue weighted by molar-refractivity contribution is 5.76. The van der Waals surface area contributed by atoms with Crippen LogP contribution in [0.4, 0.5) is 5.95 Å². The first-order valence-electron chi connectivity index (χ1n) is 8.91. The van der Waals surface area contributed by atoms with E-state index in [0.717, 1.165) is 30.9 Å². The van der Waals surface area contributed by atoms with Crippen LogP contribution in [0.5, 0.6) is 0 Å². The number of nitrogen functional groups attached to an aromatic ring is 1. The van der Waals surface area contributed by atoms with E-state index in [-0.39, 0.29) is 24.3 Å². The molecule has 140 valence electrons. The van der Waals surface area contributed by atoms with Gasteiger partial charge in [0.2, 0.25) is 11.9 Å². The molecule has 0 aliphatic carbocycles. The lowest BCUT2D eigenvalue weighted by atomic mass is 9.97. The SMILES string of the molecule is Nc1nnnn1CC(=O)N1CCCC(c2nccn2Cc2ccccn2)C1. The van der Waals surface area contributed by atoms with Crippen molar-refractivity contribution in [2.45, 2.75) is 31.8 Å². The molecule has 1 atom stereocenters. The molecule has 10 nitrogen and oxygen atoms in total. The molecule has 10 heteroatoms. The van der Waals surface area contributed by atoms with Gasteiger partial charge in [-0.25, -0.2) is 9.67 Å². The summed E-state index contributed by atoms with van der Waals surface area (Å²) in [7, 11) is 0. The second-order valence-corrected chi connectivity index (χ2v) is 6.61. The first-order chi connectivity index (χ1) is 13.2. The summed E-state index contributed by atoms with van der Waals surface area (Å²) in [5.41, 5.74) is 6.63. The molecule has 1 amide bonds. The molecule has 3 aromatic heterocycles. The maximum Gasteiger partial charge on any atom is 0.244 e. The van der Waals surface area contributed by atoms with Crippen LogP contribution in [0.3, 0.4) is 0 Å². The van der Waals surface area contributed by atoms with Crippen molar-refractivity contribution in [3.05, 3.63) is 48.3 Å². The van der Waals surface area contributed by atoms with E-state index < -0.39 is 0 Å². The van der Waals surface area contributed by atoms with E-state index in [9.17, 15) is 4.79 Å². The molecule has 1 unspecified atom stereocenters. The molecule has 27 heavy (non-hydrogen) atoms. The minimum absolute atomic E-state index is 0.0402. The summed E-state index contributed by atoms with van der Waals surface area (Å²) in [5.74, 6) is 1.28. The molecule has 1 aliphatic heterocycles. The molecular weight excluding hydrogens is 346 g/mol. The molecule has 0 saturated carbocycles. The Morgan fingerprint density at radius 2 is 2.19 bits per heavy atom. The van der Waals surface area contributed by atoms with Crippen LogP contribution in [0.15, 0.2) is 36.8 Å². The van der Waals surface area contributed by atoms with E-state index in [2.05, 4.69) is 30.1 Å². The highest BCUT2D eigenvalue weighted by atomic mass is 16.2. The molecule has 1 fully saturated rings. The number of anilines is 1. The number of hydrogen-bond acceptors (Lipinski definition) is 7. The van der Waals surface area contributed by atoms with Crippen LogP contribution >= 0.6 is 0 Å². The Morgan fingerprint density at radius 3 is 2.96 bits per heavy atom. The van der Waals surface area contributed by atoms with Crippen molar-refractivity contribution in [3.63, 3.8) is 0 Å². The van der Waals surface area contributed by atoms with E-state index >= 15 is 0 Å². The highest BCUT2D eigenvalue weighted by Gasteiger charge is 2.28. The second kappa shape index (κ2) is 7.52. The van der Waals surface area contributed by atoms with Crippen molar-refractivity contribution in [1.82, 2.24) is 39.6 Å². The molecular formula is C17H21N9O. The molecule has 3 aromatic rings. The molecule has 0 radical (unpaired) electrons. The molecule has 2 N–H and O–H groups in total. The summed E-state index contributed by atoms with van der Waals surface area (Å²) in [5, 5.41) is 10.8. The van der Waals surface area contributed by atoms with Crippen molar-refractivity contribution in [2.75, 3.05) is 18.8 Å². The number of imidazole rings is 1. The number of pyridine rings is 1. The Morgan fingerprint density at radius 1 is 1.26 bits per heavy atom. The van der Waals surface area contributed by atoms with E-state index in [1.54, 1.807) is 12.4 Å². The number of nitrogens with two attached hydrogens (primary N) is 1. The zero-order chi connectivity index (χ0) is 18.6. The van der Waals surface area contributed by atoms with Crippen LogP contribution in [0.25, 0.3) is 0 Å². The Balaban J connectivity index is 1.45. The minimum atomic E-state index is -0.0402. The Bertz CT molecular complexity index is 904. The normalized spacial score (nSPS) is 17.2. The van der Waals surface area contributed by atoms with Gasteiger partial charge in [-0.15, -0.1) is 0 Å². The van der Waals surface area contributed by atoms with E-state index in [1.807, 2.05) is 29.3 Å². The number of carbonyl (C=O) groups excluding carboxylic acids is 1. The van der Waals surface area contributed by atoms with Crippen LogP contribution in [0, 0.1) is 0 Å². The van der Waals surface area contributed by atoms with Crippen molar-refractivity contribution in [3.8, 4) is 0 Å². The molecule has 0 bridgehead atoms. The third-order valence-corrected chi connectivity index (χ3v) is 4.79. The van der Waals surface area contributed by atoms with Gasteiger partial charge < -0.3 is 15.2 Å². The fourth-order valence-electron chi connectivity index (χ4n) is 3.45. The predicted molar refractivity (Wildman–Crippen MR) is 96.4 cm³/mol. The minimum Gasteiger partial charge on any atom is -0.367 e. The Hall–Kier alpha value is -3.30. The molecule has 0 aromatic carbocycles. The standard InChI is InChI=1S/C17H21N9O/c18-17-21-22-23-26(17)12-15(27)24-8-3-4-13(10-24)16-20-7-9-25(16)11-14-5-1-2-6-19-14/h1-2,5-7,9,13H,3-4,8,10-12H2,(H2,18,21,23). The maximum absolute atomic E-state index is 12.6. The molecule has 1 saturated heterocycles. The molecule has 1 aliphatic rings. The molecule has 4 heterocycles. The van der Waals surface area contributed by atoms with Gasteiger partial charge in [0.25, 0.3) is 0 Å². The van der Waals surface area contributed by atoms with E-state index in [4.69, 9.17) is 5.73 Å². The first kappa shape index (κ1) is 17.1. The topological polar surface area (TPSA) is 121 Å². The van der Waals surface area contributed by atoms with Crippen LogP contribution in [0.1, 0.15) is 30.3 Å². The zero-order valence-electron chi connectivity index (χ0n) is 14.8. The average molecular weight is 367 g/mol. The largest absolute Gasteiger partial charge is 0.367 e. The number of tetrazole rings is 1. The molecule has 4 rings (SSSR count). The summed E-state index contributed by atoms with van der Waals surface area (Å²) >= 11 is 0. The Kier molecular flexibility index (Phi) is 4.77. The number of hydrogen-bond donors (Lipinski definition) is 1. The first-order valence-corrected chi connectivity index (χ1v) is 8.91. The predicted octanol–water partition coefficient (Wildman–Crippen LogP) is 0.301. The van der Waals surface area contributed by atoms with Gasteiger partial charge in [0.1, 0.15) is 12.4 Å². The maximum atomic E-state index is 12.6. The number of nitrogens with zero attached hydrogens (tertiary/aromatic N) is 8. The fraction of sp³-hybridized carbons (Fsp3) is 0.412. The van der Waals surface area contributed by atoms with E-state index in [1.165, 1.54) is 4.68 Å². The highest BCUT2D eigenvalue weighted by Crippen LogP contribution is 2.26. The van der Waals surface area contributed by atoms with Gasteiger partial charge in [0, 0.05) is 37.6 Å². The van der Waals surface area contributed by atoms with Gasteiger partial charge in [-0.2, -0.15) is 0 Å². The number of piperidine rings is 1. The van der Waals surface area contributed by atoms with Crippen molar-refractivity contribution in [2.24, 2.45) is 0 Å². The summed E-state index contributed by atoms with van der Waals surface area (Å²) < 4.78 is 3.42. The lowest BCUT2D eigenvalue weighted by molar-refractivity contribution is -0.133. The average Bonchev–Trinajstić information content (AvgIpc) is 3.32. The monoisotopic (exact) mass is 367 g/mol. The lowest BCUT2D eigenvalue weighted by Crippen LogP contribution is -2.41. The number of carbonyl (C=O) groups is 1. The van der Waals surface area contributed by atoms with Gasteiger partial charge in [-0.05, 0) is 35.4 Å². The van der Waals surface area contributed by atoms with Gasteiger partial charge >= 0.3 is 0 Å². The van der Waals surface area contributed by atoms with Crippen molar-refractivity contribution in [1.29, 1.82) is 0 Å². The fourth-order valence-corrected chi connectivity index (χ4v) is 3.45. The number of amides is 1. The van der Waals surface area contributed by atoms with Gasteiger partial charge in [-0.1, -0.05) is 11.2 Å². The molecule has 0 spiro atoms. The van der Waals surface area contributed by atoms with Crippen LogP contribution in [-0.2, 0) is 17.9 Å². The summed E-state index contributed by atoms with van der Waals surface area (Å²) in [6, 6.07) is 5.88. The summed E-state index contributed by atoms with van der Waals surface area (Å²) in [6.45, 7) is 2.06. The van der Waals surface area contributed by atoms with E-state index in [0.29, 0.717) is 13.1 Å². The number of aromatic nitrogens is 7. The van der Waals surface area contributed by atoms with Crippen LogP contribution in [0.2, 0.25) is 0 Å². The van der Waals surface area contributed by atoms with Crippen molar-refractivity contribution < 1.29 is 4.79 Å². The van der Waals surface area contributed by atoms with Crippen LogP contribution < -0.4 is 5.73 Å². The van der Waals surface area contributed by atoms with Crippen LogP contribution in [-0.4, -0.2) is 58.6 Å². The zero-order valence-corrected chi connectivity index (χ0v) is 14.8. The second-order valence-electron chi connectivity index (χ2n) is 6.61. The van der Waals surface area contributed by atoms with Gasteiger partial charge in [0.15, 0.2) is 0 Å². The third kappa shape index (κ3) is 3.78. The quantitative estimate of drug-likeness (QED) is 0.688. The third-order valence-electron chi connectivity index (χ3n) is 4.79. The summed E-state index contributed by atoms with van der Waals surface area (Å²) in [4.78, 5) is 23.4. The lowest BCUT2D eigenvalue weighted by Gasteiger charge is -2.32. The van der Waals surface area contributed by atoms with Crippen molar-refractivity contribution >= 4 is 11.9 Å². The van der Waals surface area contributed by atoms with Gasteiger partial charge in [0.05, 0.1) is 12.2 Å².